The maximum atomic E-state index is 12.2. The first-order valence-electron chi connectivity index (χ1n) is 9.16. The van der Waals surface area contributed by atoms with Crippen molar-refractivity contribution >= 4 is 11.9 Å². The minimum atomic E-state index is -0.885. The zero-order valence-corrected chi connectivity index (χ0v) is 15.8. The van der Waals surface area contributed by atoms with Crippen LogP contribution in [0.3, 0.4) is 0 Å². The third-order valence-electron chi connectivity index (χ3n) is 4.00. The van der Waals surface area contributed by atoms with Crippen molar-refractivity contribution in [2.24, 2.45) is 0 Å². The summed E-state index contributed by atoms with van der Waals surface area (Å²) in [6.45, 7) is 0.0734. The SMILES string of the molecule is O=C(COC(=O)OCc1ccccc1)Cc1ncccc1OCc1ccccc1. The maximum absolute atomic E-state index is 12.2. The molecule has 148 valence electrons. The number of hydrogen-bond acceptors (Lipinski definition) is 6. The van der Waals surface area contributed by atoms with Crippen molar-refractivity contribution < 1.29 is 23.8 Å². The summed E-state index contributed by atoms with van der Waals surface area (Å²) < 4.78 is 15.7. The van der Waals surface area contributed by atoms with Crippen LogP contribution in [0.25, 0.3) is 0 Å². The van der Waals surface area contributed by atoms with E-state index in [9.17, 15) is 9.59 Å². The number of aromatic nitrogens is 1. The summed E-state index contributed by atoms with van der Waals surface area (Å²) in [6, 6.07) is 22.4. The van der Waals surface area contributed by atoms with E-state index in [1.54, 1.807) is 18.3 Å². The van der Waals surface area contributed by atoms with Gasteiger partial charge in [0.25, 0.3) is 0 Å². The molecule has 0 atom stereocenters. The molecule has 2 aromatic carbocycles. The number of ether oxygens (including phenoxy) is 3. The third kappa shape index (κ3) is 6.77. The van der Waals surface area contributed by atoms with Crippen LogP contribution in [0.5, 0.6) is 5.75 Å². The van der Waals surface area contributed by atoms with Crippen LogP contribution >= 0.6 is 0 Å². The van der Waals surface area contributed by atoms with Crippen molar-refractivity contribution in [3.05, 3.63) is 95.8 Å². The van der Waals surface area contributed by atoms with E-state index < -0.39 is 6.16 Å². The third-order valence-corrected chi connectivity index (χ3v) is 4.00. The molecule has 0 aliphatic heterocycles. The number of hydrogen-bond donors (Lipinski definition) is 0. The van der Waals surface area contributed by atoms with Crippen molar-refractivity contribution in [3.8, 4) is 5.75 Å². The molecule has 0 spiro atoms. The van der Waals surface area contributed by atoms with Crippen LogP contribution in [0.1, 0.15) is 16.8 Å². The molecule has 0 bridgehead atoms. The molecular formula is C23H21NO5. The average molecular weight is 391 g/mol. The van der Waals surface area contributed by atoms with E-state index in [-0.39, 0.29) is 25.4 Å². The average Bonchev–Trinajstić information content (AvgIpc) is 2.77. The molecule has 0 amide bonds. The van der Waals surface area contributed by atoms with Crippen molar-refractivity contribution in [2.75, 3.05) is 6.61 Å². The Hall–Kier alpha value is -3.67. The van der Waals surface area contributed by atoms with E-state index in [0.29, 0.717) is 18.1 Å². The van der Waals surface area contributed by atoms with Gasteiger partial charge in [-0.3, -0.25) is 9.78 Å². The van der Waals surface area contributed by atoms with Crippen LogP contribution in [0.15, 0.2) is 79.0 Å². The number of pyridine rings is 1. The zero-order chi connectivity index (χ0) is 20.3. The maximum Gasteiger partial charge on any atom is 0.509 e. The number of rotatable bonds is 9. The van der Waals surface area contributed by atoms with Crippen LogP contribution in [0.2, 0.25) is 0 Å². The number of Topliss-reactive ketones (excluding diaryl/α,β-unsaturated/α-hetero) is 1. The Morgan fingerprint density at radius 3 is 2.10 bits per heavy atom. The molecule has 1 aromatic heterocycles. The second-order valence-corrected chi connectivity index (χ2v) is 6.25. The van der Waals surface area contributed by atoms with Gasteiger partial charge in [0.1, 0.15) is 19.0 Å². The lowest BCUT2D eigenvalue weighted by Gasteiger charge is -2.10. The highest BCUT2D eigenvalue weighted by Gasteiger charge is 2.14. The summed E-state index contributed by atoms with van der Waals surface area (Å²) in [5, 5.41) is 0. The highest BCUT2D eigenvalue weighted by atomic mass is 16.7. The van der Waals surface area contributed by atoms with Crippen LogP contribution in [-0.4, -0.2) is 23.5 Å². The molecular weight excluding hydrogens is 370 g/mol. The normalized spacial score (nSPS) is 10.2. The van der Waals surface area contributed by atoms with Gasteiger partial charge in [0.15, 0.2) is 12.4 Å². The monoisotopic (exact) mass is 391 g/mol. The first-order chi connectivity index (χ1) is 14.2. The lowest BCUT2D eigenvalue weighted by atomic mass is 10.2. The predicted octanol–water partition coefficient (Wildman–Crippen LogP) is 4.13. The van der Waals surface area contributed by atoms with Crippen molar-refractivity contribution in [1.82, 2.24) is 4.98 Å². The summed E-state index contributed by atoms with van der Waals surface area (Å²) in [5.74, 6) is 0.223. The fraction of sp³-hybridized carbons (Fsp3) is 0.174. The molecule has 6 heteroatoms. The minimum Gasteiger partial charge on any atom is -0.487 e. The predicted molar refractivity (Wildman–Crippen MR) is 106 cm³/mol. The molecule has 0 radical (unpaired) electrons. The standard InChI is InChI=1S/C23H21NO5/c25-20(17-29-23(26)28-16-19-10-5-2-6-11-19)14-21-22(12-7-13-24-21)27-15-18-8-3-1-4-9-18/h1-13H,14-17H2. The molecule has 0 N–H and O–H groups in total. The summed E-state index contributed by atoms with van der Waals surface area (Å²) in [7, 11) is 0. The second kappa shape index (κ2) is 10.6. The van der Waals surface area contributed by atoms with E-state index in [1.165, 1.54) is 0 Å². The molecule has 3 rings (SSSR count). The highest BCUT2D eigenvalue weighted by molar-refractivity contribution is 5.83. The number of nitrogens with zero attached hydrogens (tertiary/aromatic N) is 1. The molecule has 0 saturated heterocycles. The van der Waals surface area contributed by atoms with Crippen molar-refractivity contribution in [1.29, 1.82) is 0 Å². The van der Waals surface area contributed by atoms with Gasteiger partial charge in [-0.2, -0.15) is 0 Å². The lowest BCUT2D eigenvalue weighted by Crippen LogP contribution is -2.17. The Kier molecular flexibility index (Phi) is 7.34. The van der Waals surface area contributed by atoms with Crippen LogP contribution in [0, 0.1) is 0 Å². The fourth-order valence-electron chi connectivity index (χ4n) is 2.56. The van der Waals surface area contributed by atoms with E-state index in [0.717, 1.165) is 11.1 Å². The second-order valence-electron chi connectivity index (χ2n) is 6.25. The first kappa shape index (κ1) is 20.1. The van der Waals surface area contributed by atoms with Crippen LogP contribution < -0.4 is 4.74 Å². The van der Waals surface area contributed by atoms with Gasteiger partial charge in [-0.05, 0) is 23.3 Å². The Labute approximate surface area is 169 Å². The van der Waals surface area contributed by atoms with Crippen LogP contribution in [-0.2, 0) is 33.9 Å². The van der Waals surface area contributed by atoms with Gasteiger partial charge < -0.3 is 14.2 Å². The minimum absolute atomic E-state index is 0.00305. The van der Waals surface area contributed by atoms with Gasteiger partial charge >= 0.3 is 6.16 Å². The van der Waals surface area contributed by atoms with E-state index in [4.69, 9.17) is 14.2 Å². The first-order valence-corrected chi connectivity index (χ1v) is 9.16. The van der Waals surface area contributed by atoms with Crippen molar-refractivity contribution in [3.63, 3.8) is 0 Å². The summed E-state index contributed by atoms with van der Waals surface area (Å²) >= 11 is 0. The number of carbonyl (C=O) groups is 2. The van der Waals surface area contributed by atoms with Crippen molar-refractivity contribution in [2.45, 2.75) is 19.6 Å². The van der Waals surface area contributed by atoms with Gasteiger partial charge in [-0.25, -0.2) is 4.79 Å². The number of ketones is 1. The Morgan fingerprint density at radius 2 is 1.41 bits per heavy atom. The zero-order valence-electron chi connectivity index (χ0n) is 15.8. The molecule has 0 fully saturated rings. The van der Waals surface area contributed by atoms with Gasteiger partial charge in [0.05, 0.1) is 12.1 Å². The lowest BCUT2D eigenvalue weighted by molar-refractivity contribution is -0.122. The molecule has 1 heterocycles. The largest absolute Gasteiger partial charge is 0.509 e. The topological polar surface area (TPSA) is 74.7 Å². The van der Waals surface area contributed by atoms with Crippen LogP contribution in [0.4, 0.5) is 4.79 Å². The quantitative estimate of drug-likeness (QED) is 0.511. The highest BCUT2D eigenvalue weighted by Crippen LogP contribution is 2.18. The van der Waals surface area contributed by atoms with E-state index >= 15 is 0 Å². The fourth-order valence-corrected chi connectivity index (χ4v) is 2.56. The molecule has 0 aliphatic rings. The molecule has 29 heavy (non-hydrogen) atoms. The summed E-state index contributed by atoms with van der Waals surface area (Å²) in [5.41, 5.74) is 2.34. The number of benzene rings is 2. The Bertz CT molecular complexity index is 928. The molecule has 3 aromatic rings. The van der Waals surface area contributed by atoms with Gasteiger partial charge in [-0.15, -0.1) is 0 Å². The molecule has 0 saturated carbocycles. The molecule has 6 nitrogen and oxygen atoms in total. The Balaban J connectivity index is 1.45. The molecule has 0 unspecified atom stereocenters. The van der Waals surface area contributed by atoms with Gasteiger partial charge in [0, 0.05) is 6.20 Å². The van der Waals surface area contributed by atoms with E-state index in [1.807, 2.05) is 60.7 Å². The van der Waals surface area contributed by atoms with Gasteiger partial charge in [-0.1, -0.05) is 60.7 Å². The molecule has 0 aliphatic carbocycles. The van der Waals surface area contributed by atoms with E-state index in [2.05, 4.69) is 4.98 Å². The Morgan fingerprint density at radius 1 is 0.759 bits per heavy atom. The summed E-state index contributed by atoms with van der Waals surface area (Å²) in [4.78, 5) is 28.1. The number of carbonyl (C=O) groups excluding carboxylic acids is 2. The summed E-state index contributed by atoms with van der Waals surface area (Å²) in [6.07, 6.45) is 0.702. The van der Waals surface area contributed by atoms with Gasteiger partial charge in [0.2, 0.25) is 0 Å². The smallest absolute Gasteiger partial charge is 0.487 e.